The Hall–Kier alpha value is -3.24. The Balaban J connectivity index is 1.85. The molecular formula is C26H25FO3. The van der Waals surface area contributed by atoms with Gasteiger partial charge in [0.1, 0.15) is 5.82 Å². The van der Waals surface area contributed by atoms with Crippen LogP contribution in [0.25, 0.3) is 22.3 Å². The minimum atomic E-state index is -0.450. The van der Waals surface area contributed by atoms with Crippen molar-refractivity contribution in [2.24, 2.45) is 0 Å². The number of rotatable bonds is 7. The third-order valence-electron chi connectivity index (χ3n) is 4.99. The lowest BCUT2D eigenvalue weighted by Crippen LogP contribution is -2.09. The zero-order valence-corrected chi connectivity index (χ0v) is 17.2. The van der Waals surface area contributed by atoms with Crippen LogP contribution >= 0.6 is 0 Å². The second kappa shape index (κ2) is 9.51. The predicted molar refractivity (Wildman–Crippen MR) is 117 cm³/mol. The van der Waals surface area contributed by atoms with E-state index >= 15 is 0 Å². The molecule has 0 radical (unpaired) electrons. The van der Waals surface area contributed by atoms with Crippen LogP contribution in [0.1, 0.15) is 23.6 Å². The van der Waals surface area contributed by atoms with E-state index in [-0.39, 0.29) is 19.0 Å². The molecule has 0 atom stereocenters. The minimum Gasteiger partial charge on any atom is -0.462 e. The van der Waals surface area contributed by atoms with Crippen LogP contribution < -0.4 is 0 Å². The van der Waals surface area contributed by atoms with E-state index < -0.39 is 5.97 Å². The lowest BCUT2D eigenvalue weighted by molar-refractivity contribution is -0.138. The van der Waals surface area contributed by atoms with Crippen molar-refractivity contribution in [2.75, 3.05) is 6.61 Å². The van der Waals surface area contributed by atoms with E-state index in [1.54, 1.807) is 25.1 Å². The first-order valence-electron chi connectivity index (χ1n) is 9.81. The molecule has 3 aromatic carbocycles. The Morgan fingerprint density at radius 2 is 1.63 bits per heavy atom. The molecule has 3 nitrogen and oxygen atoms in total. The number of hydrogen-bond acceptors (Lipinski definition) is 3. The number of ether oxygens (including phenoxy) is 1. The summed E-state index contributed by atoms with van der Waals surface area (Å²) in [7, 11) is 0. The lowest BCUT2D eigenvalue weighted by Gasteiger charge is -2.12. The van der Waals surface area contributed by atoms with E-state index in [4.69, 9.17) is 4.74 Å². The third-order valence-corrected chi connectivity index (χ3v) is 4.99. The molecule has 0 amide bonds. The van der Waals surface area contributed by atoms with Crippen molar-refractivity contribution in [2.45, 2.75) is 26.9 Å². The highest BCUT2D eigenvalue weighted by atomic mass is 19.1. The number of aliphatic hydroxyl groups is 1. The second-order valence-corrected chi connectivity index (χ2v) is 7.37. The van der Waals surface area contributed by atoms with Gasteiger partial charge in [0, 0.05) is 17.6 Å². The largest absolute Gasteiger partial charge is 0.462 e. The van der Waals surface area contributed by atoms with Gasteiger partial charge >= 0.3 is 5.97 Å². The molecule has 4 heteroatoms. The molecule has 0 aliphatic rings. The highest BCUT2D eigenvalue weighted by molar-refractivity contribution is 5.86. The number of hydrogen-bond donors (Lipinski definition) is 1. The molecule has 1 N–H and O–H groups in total. The summed E-state index contributed by atoms with van der Waals surface area (Å²) in [4.78, 5) is 11.6. The highest BCUT2D eigenvalue weighted by Crippen LogP contribution is 2.30. The van der Waals surface area contributed by atoms with Crippen LogP contribution in [-0.4, -0.2) is 17.7 Å². The SMILES string of the molecule is C=C(C)C(=O)OCCc1cc(-c2ccc(-c3ccc(C)cc3)cc2F)ccc1CO. The summed E-state index contributed by atoms with van der Waals surface area (Å²) in [6.45, 7) is 7.18. The number of halogens is 1. The number of carbonyl (C=O) groups excluding carboxylic acids is 1. The molecule has 3 aromatic rings. The zero-order valence-electron chi connectivity index (χ0n) is 17.2. The fourth-order valence-electron chi connectivity index (χ4n) is 3.23. The maximum Gasteiger partial charge on any atom is 0.333 e. The number of aliphatic hydroxyl groups excluding tert-OH is 1. The minimum absolute atomic E-state index is 0.140. The molecule has 0 saturated heterocycles. The topological polar surface area (TPSA) is 46.5 Å². The number of carbonyl (C=O) groups is 1. The maximum absolute atomic E-state index is 14.9. The molecule has 0 spiro atoms. The summed E-state index contributed by atoms with van der Waals surface area (Å²) in [6.07, 6.45) is 0.422. The molecular weight excluding hydrogens is 379 g/mol. The third kappa shape index (κ3) is 5.02. The van der Waals surface area contributed by atoms with Gasteiger partial charge in [-0.05, 0) is 47.7 Å². The Labute approximate surface area is 176 Å². The Morgan fingerprint density at radius 3 is 2.27 bits per heavy atom. The molecule has 0 aromatic heterocycles. The first-order valence-corrected chi connectivity index (χ1v) is 9.81. The molecule has 0 aliphatic carbocycles. The summed E-state index contributed by atoms with van der Waals surface area (Å²) in [5.41, 5.74) is 5.99. The van der Waals surface area contributed by atoms with Gasteiger partial charge < -0.3 is 9.84 Å². The van der Waals surface area contributed by atoms with E-state index in [0.29, 0.717) is 23.1 Å². The molecule has 0 aliphatic heterocycles. The van der Waals surface area contributed by atoms with Gasteiger partial charge in [-0.2, -0.15) is 0 Å². The van der Waals surface area contributed by atoms with E-state index in [1.165, 1.54) is 6.07 Å². The fraction of sp³-hybridized carbons (Fsp3) is 0.192. The van der Waals surface area contributed by atoms with Crippen molar-refractivity contribution in [1.82, 2.24) is 0 Å². The van der Waals surface area contributed by atoms with Gasteiger partial charge in [-0.3, -0.25) is 0 Å². The molecule has 0 bridgehead atoms. The first kappa shape index (κ1) is 21.5. The standard InChI is InChI=1S/C26H25FO3/c1-17(2)26(29)30-13-12-21-14-22(8-9-23(21)16-28)24-11-10-20(15-25(24)27)19-6-4-18(3)5-7-19/h4-11,14-15,28H,1,12-13,16H2,2-3H3. The van der Waals surface area contributed by atoms with Gasteiger partial charge in [0.05, 0.1) is 13.2 Å². The van der Waals surface area contributed by atoms with Crippen molar-refractivity contribution in [3.63, 3.8) is 0 Å². The van der Waals surface area contributed by atoms with Crippen LogP contribution in [0, 0.1) is 12.7 Å². The van der Waals surface area contributed by atoms with Gasteiger partial charge in [0.2, 0.25) is 0 Å². The van der Waals surface area contributed by atoms with E-state index in [9.17, 15) is 14.3 Å². The van der Waals surface area contributed by atoms with E-state index in [2.05, 4.69) is 6.58 Å². The second-order valence-electron chi connectivity index (χ2n) is 7.37. The summed E-state index contributed by atoms with van der Waals surface area (Å²) >= 11 is 0. The van der Waals surface area contributed by atoms with Gasteiger partial charge in [-0.25, -0.2) is 9.18 Å². The zero-order chi connectivity index (χ0) is 21.7. The van der Waals surface area contributed by atoms with Crippen LogP contribution in [0.15, 0.2) is 72.8 Å². The van der Waals surface area contributed by atoms with Crippen LogP contribution in [0.2, 0.25) is 0 Å². The highest BCUT2D eigenvalue weighted by Gasteiger charge is 2.11. The van der Waals surface area contributed by atoms with Crippen molar-refractivity contribution >= 4 is 5.97 Å². The smallest absolute Gasteiger partial charge is 0.333 e. The molecule has 0 unspecified atom stereocenters. The normalized spacial score (nSPS) is 10.7. The van der Waals surface area contributed by atoms with Gasteiger partial charge in [-0.1, -0.05) is 66.7 Å². The van der Waals surface area contributed by atoms with Crippen LogP contribution in [0.3, 0.4) is 0 Å². The fourth-order valence-corrected chi connectivity index (χ4v) is 3.23. The maximum atomic E-state index is 14.9. The average molecular weight is 404 g/mol. The Morgan fingerprint density at radius 1 is 0.967 bits per heavy atom. The van der Waals surface area contributed by atoms with Crippen molar-refractivity contribution in [1.29, 1.82) is 0 Å². The Kier molecular flexibility index (Phi) is 6.80. The van der Waals surface area contributed by atoms with E-state index in [0.717, 1.165) is 27.8 Å². The first-order chi connectivity index (χ1) is 14.4. The summed E-state index contributed by atoms with van der Waals surface area (Å²) in [5, 5.41) is 9.62. The molecule has 0 fully saturated rings. The van der Waals surface area contributed by atoms with Crippen LogP contribution in [0.4, 0.5) is 4.39 Å². The average Bonchev–Trinajstić information content (AvgIpc) is 2.74. The van der Waals surface area contributed by atoms with Crippen molar-refractivity contribution < 1.29 is 19.0 Å². The molecule has 30 heavy (non-hydrogen) atoms. The van der Waals surface area contributed by atoms with Crippen molar-refractivity contribution in [3.05, 3.63) is 95.3 Å². The number of benzene rings is 3. The Bertz CT molecular complexity index is 1070. The van der Waals surface area contributed by atoms with Gasteiger partial charge in [0.25, 0.3) is 0 Å². The van der Waals surface area contributed by atoms with E-state index in [1.807, 2.05) is 43.3 Å². The van der Waals surface area contributed by atoms with Crippen LogP contribution in [-0.2, 0) is 22.6 Å². The summed E-state index contributed by atoms with van der Waals surface area (Å²) in [6, 6.07) is 18.6. The van der Waals surface area contributed by atoms with Gasteiger partial charge in [-0.15, -0.1) is 0 Å². The number of esters is 1. The van der Waals surface area contributed by atoms with Crippen molar-refractivity contribution in [3.8, 4) is 22.3 Å². The molecule has 0 saturated carbocycles. The predicted octanol–water partition coefficient (Wildman–Crippen LogP) is 5.62. The molecule has 3 rings (SSSR count). The quantitative estimate of drug-likeness (QED) is 0.410. The monoisotopic (exact) mass is 404 g/mol. The summed E-state index contributed by atoms with van der Waals surface area (Å²) in [5.74, 6) is -0.765. The molecule has 154 valence electrons. The number of aryl methyl sites for hydroxylation is 1. The summed E-state index contributed by atoms with van der Waals surface area (Å²) < 4.78 is 20.1. The molecule has 0 heterocycles. The van der Waals surface area contributed by atoms with Crippen LogP contribution in [0.5, 0.6) is 0 Å². The lowest BCUT2D eigenvalue weighted by atomic mass is 9.95. The van der Waals surface area contributed by atoms with Gasteiger partial charge in [0.15, 0.2) is 0 Å².